The van der Waals surface area contributed by atoms with E-state index < -0.39 is 0 Å². The fourth-order valence-corrected chi connectivity index (χ4v) is 3.50. The van der Waals surface area contributed by atoms with Crippen LogP contribution in [0.3, 0.4) is 0 Å². The first kappa shape index (κ1) is 19.9. The van der Waals surface area contributed by atoms with Crippen molar-refractivity contribution < 1.29 is 14.6 Å². The number of nitrogens with zero attached hydrogens (tertiary/aromatic N) is 2. The summed E-state index contributed by atoms with van der Waals surface area (Å²) < 4.78 is 7.38. The molecule has 2 aromatic carbocycles. The lowest BCUT2D eigenvalue weighted by Crippen LogP contribution is -2.10. The van der Waals surface area contributed by atoms with Crippen molar-refractivity contribution in [2.24, 2.45) is 7.05 Å². The first-order valence-corrected chi connectivity index (χ1v) is 9.97. The molecule has 0 radical (unpaired) electrons. The van der Waals surface area contributed by atoms with Crippen molar-refractivity contribution in [2.75, 3.05) is 6.61 Å². The van der Waals surface area contributed by atoms with Crippen LogP contribution in [0.25, 0.3) is 11.0 Å². The SMILES string of the molecule is CCCCOC(=O)c1ccc([C@@H](CCC)c2nc3cc(O)ccc3n2C)cc1. The zero-order chi connectivity index (χ0) is 20.1. The van der Waals surface area contributed by atoms with E-state index in [4.69, 9.17) is 9.72 Å². The van der Waals surface area contributed by atoms with Gasteiger partial charge in [-0.1, -0.05) is 38.8 Å². The number of fused-ring (bicyclic) bond motifs is 1. The molecule has 0 aliphatic rings. The zero-order valence-corrected chi connectivity index (χ0v) is 16.8. The minimum Gasteiger partial charge on any atom is -0.508 e. The number of aromatic nitrogens is 2. The summed E-state index contributed by atoms with van der Waals surface area (Å²) in [6, 6.07) is 12.9. The number of imidazole rings is 1. The smallest absolute Gasteiger partial charge is 0.338 e. The van der Waals surface area contributed by atoms with Gasteiger partial charge in [-0.2, -0.15) is 0 Å². The molecule has 3 rings (SSSR count). The molecule has 1 aromatic heterocycles. The first-order valence-electron chi connectivity index (χ1n) is 9.97. The summed E-state index contributed by atoms with van der Waals surface area (Å²) in [6.45, 7) is 4.68. The first-order chi connectivity index (χ1) is 13.5. The van der Waals surface area contributed by atoms with Crippen LogP contribution < -0.4 is 0 Å². The molecular formula is C23H28N2O3. The average molecular weight is 380 g/mol. The Morgan fingerprint density at radius 3 is 2.57 bits per heavy atom. The number of hydrogen-bond donors (Lipinski definition) is 1. The molecule has 3 aromatic rings. The number of aryl methyl sites for hydroxylation is 1. The summed E-state index contributed by atoms with van der Waals surface area (Å²) in [6.07, 6.45) is 3.84. The Hall–Kier alpha value is -2.82. The van der Waals surface area contributed by atoms with Gasteiger partial charge in [-0.25, -0.2) is 9.78 Å². The number of ether oxygens (including phenoxy) is 1. The summed E-state index contributed by atoms with van der Waals surface area (Å²) in [5.74, 6) is 1.02. The fraction of sp³-hybridized carbons (Fsp3) is 0.391. The standard InChI is InChI=1S/C23H28N2O3/c1-4-6-14-28-23(27)17-10-8-16(9-11-17)19(7-5-2)22-24-20-15-18(26)12-13-21(20)25(22)3/h8-13,15,19,26H,4-7,14H2,1-3H3/t19-/m1/s1. The van der Waals surface area contributed by atoms with E-state index in [1.807, 2.05) is 37.4 Å². The quantitative estimate of drug-likeness (QED) is 0.433. The van der Waals surface area contributed by atoms with Gasteiger partial charge in [0.05, 0.1) is 23.2 Å². The van der Waals surface area contributed by atoms with Crippen molar-refractivity contribution in [2.45, 2.75) is 45.4 Å². The Kier molecular flexibility index (Phi) is 6.34. The molecule has 1 heterocycles. The maximum atomic E-state index is 12.1. The normalized spacial score (nSPS) is 12.2. The molecule has 1 atom stereocenters. The molecule has 5 nitrogen and oxygen atoms in total. The monoisotopic (exact) mass is 380 g/mol. The van der Waals surface area contributed by atoms with Crippen molar-refractivity contribution in [1.29, 1.82) is 0 Å². The molecule has 0 aliphatic heterocycles. The van der Waals surface area contributed by atoms with Crippen LogP contribution in [-0.2, 0) is 11.8 Å². The van der Waals surface area contributed by atoms with Crippen LogP contribution in [-0.4, -0.2) is 27.2 Å². The number of unbranched alkanes of at least 4 members (excludes halogenated alkanes) is 1. The van der Waals surface area contributed by atoms with Crippen molar-refractivity contribution >= 4 is 17.0 Å². The van der Waals surface area contributed by atoms with E-state index in [1.165, 1.54) is 0 Å². The van der Waals surface area contributed by atoms with Crippen molar-refractivity contribution in [3.8, 4) is 5.75 Å². The summed E-state index contributed by atoms with van der Waals surface area (Å²) >= 11 is 0. The Balaban J connectivity index is 1.88. The third-order valence-corrected chi connectivity index (χ3v) is 5.07. The van der Waals surface area contributed by atoms with Gasteiger partial charge in [-0.15, -0.1) is 0 Å². The second-order valence-electron chi connectivity index (χ2n) is 7.15. The van der Waals surface area contributed by atoms with Gasteiger partial charge in [-0.05, 0) is 42.7 Å². The average Bonchev–Trinajstić information content (AvgIpc) is 3.02. The van der Waals surface area contributed by atoms with Crippen LogP contribution in [0.15, 0.2) is 42.5 Å². The van der Waals surface area contributed by atoms with Crippen molar-refractivity contribution in [3.63, 3.8) is 0 Å². The second kappa shape index (κ2) is 8.91. The third kappa shape index (κ3) is 4.19. The van der Waals surface area contributed by atoms with E-state index in [0.29, 0.717) is 12.2 Å². The van der Waals surface area contributed by atoms with Crippen LogP contribution in [0.1, 0.15) is 67.2 Å². The van der Waals surface area contributed by atoms with Crippen LogP contribution in [0, 0.1) is 0 Å². The Morgan fingerprint density at radius 1 is 1.14 bits per heavy atom. The number of carbonyl (C=O) groups is 1. The van der Waals surface area contributed by atoms with Crippen molar-refractivity contribution in [3.05, 3.63) is 59.4 Å². The number of benzene rings is 2. The minimum absolute atomic E-state index is 0.120. The van der Waals surface area contributed by atoms with E-state index in [1.54, 1.807) is 12.1 Å². The molecule has 28 heavy (non-hydrogen) atoms. The van der Waals surface area contributed by atoms with Gasteiger partial charge in [0, 0.05) is 19.0 Å². The molecule has 0 fully saturated rings. The van der Waals surface area contributed by atoms with Crippen LogP contribution in [0.2, 0.25) is 0 Å². The summed E-state index contributed by atoms with van der Waals surface area (Å²) in [5, 5.41) is 9.76. The van der Waals surface area contributed by atoms with Gasteiger partial charge >= 0.3 is 5.97 Å². The Labute approximate surface area is 166 Å². The van der Waals surface area contributed by atoms with Gasteiger partial charge in [0.25, 0.3) is 0 Å². The molecule has 0 amide bonds. The molecule has 0 spiro atoms. The van der Waals surface area contributed by atoms with E-state index in [2.05, 4.69) is 18.4 Å². The van der Waals surface area contributed by atoms with Gasteiger partial charge in [-0.3, -0.25) is 0 Å². The van der Waals surface area contributed by atoms with Crippen LogP contribution in [0.5, 0.6) is 5.75 Å². The van der Waals surface area contributed by atoms with Gasteiger partial charge in [0.1, 0.15) is 11.6 Å². The second-order valence-corrected chi connectivity index (χ2v) is 7.15. The molecular weight excluding hydrogens is 352 g/mol. The van der Waals surface area contributed by atoms with Crippen LogP contribution in [0.4, 0.5) is 0 Å². The van der Waals surface area contributed by atoms with E-state index >= 15 is 0 Å². The fourth-order valence-electron chi connectivity index (χ4n) is 3.50. The topological polar surface area (TPSA) is 64.3 Å². The lowest BCUT2D eigenvalue weighted by molar-refractivity contribution is 0.0499. The highest BCUT2D eigenvalue weighted by Gasteiger charge is 2.21. The molecule has 0 saturated heterocycles. The highest BCUT2D eigenvalue weighted by atomic mass is 16.5. The number of hydrogen-bond acceptors (Lipinski definition) is 4. The lowest BCUT2D eigenvalue weighted by Gasteiger charge is -2.17. The van der Waals surface area contributed by atoms with E-state index in [-0.39, 0.29) is 17.6 Å². The van der Waals surface area contributed by atoms with Gasteiger partial charge < -0.3 is 14.4 Å². The Morgan fingerprint density at radius 2 is 1.89 bits per heavy atom. The maximum Gasteiger partial charge on any atom is 0.338 e. The molecule has 148 valence electrons. The summed E-state index contributed by atoms with van der Waals surface area (Å²) in [4.78, 5) is 16.9. The molecule has 1 N–H and O–H groups in total. The largest absolute Gasteiger partial charge is 0.508 e. The number of phenolic OH excluding ortho intramolecular Hbond substituents is 1. The third-order valence-electron chi connectivity index (χ3n) is 5.07. The maximum absolute atomic E-state index is 12.1. The summed E-state index contributed by atoms with van der Waals surface area (Å²) in [5.41, 5.74) is 3.47. The molecule has 0 unspecified atom stereocenters. The number of phenols is 1. The molecule has 5 heteroatoms. The minimum atomic E-state index is -0.273. The predicted octanol–water partition coefficient (Wildman–Crippen LogP) is 5.17. The van der Waals surface area contributed by atoms with E-state index in [0.717, 1.165) is 48.1 Å². The Bertz CT molecular complexity index is 944. The number of rotatable bonds is 8. The molecule has 0 saturated carbocycles. The van der Waals surface area contributed by atoms with Gasteiger partial charge in [0.15, 0.2) is 0 Å². The predicted molar refractivity (Wildman–Crippen MR) is 111 cm³/mol. The number of aromatic hydroxyl groups is 1. The zero-order valence-electron chi connectivity index (χ0n) is 16.8. The molecule has 0 bridgehead atoms. The molecule has 0 aliphatic carbocycles. The number of carbonyl (C=O) groups excluding carboxylic acids is 1. The summed E-state index contributed by atoms with van der Waals surface area (Å²) in [7, 11) is 2.00. The highest BCUT2D eigenvalue weighted by Crippen LogP contribution is 2.31. The lowest BCUT2D eigenvalue weighted by atomic mass is 9.93. The number of esters is 1. The van der Waals surface area contributed by atoms with Crippen LogP contribution >= 0.6 is 0 Å². The van der Waals surface area contributed by atoms with Gasteiger partial charge in [0.2, 0.25) is 0 Å². The van der Waals surface area contributed by atoms with Crippen molar-refractivity contribution in [1.82, 2.24) is 9.55 Å². The highest BCUT2D eigenvalue weighted by molar-refractivity contribution is 5.89. The van der Waals surface area contributed by atoms with E-state index in [9.17, 15) is 9.90 Å².